The van der Waals surface area contributed by atoms with Crippen LogP contribution in [0.1, 0.15) is 52.9 Å². The summed E-state index contributed by atoms with van der Waals surface area (Å²) in [6.07, 6.45) is 8.52. The van der Waals surface area contributed by atoms with Gasteiger partial charge in [-0.1, -0.05) is 12.1 Å². The molecule has 1 amide bonds. The van der Waals surface area contributed by atoms with Gasteiger partial charge in [0.05, 0.1) is 22.5 Å². The van der Waals surface area contributed by atoms with Gasteiger partial charge in [-0.15, -0.1) is 0 Å². The van der Waals surface area contributed by atoms with Gasteiger partial charge in [0.15, 0.2) is 0 Å². The number of benzene rings is 1. The van der Waals surface area contributed by atoms with Crippen LogP contribution >= 0.6 is 0 Å². The number of carbonyl (C=O) groups is 1. The summed E-state index contributed by atoms with van der Waals surface area (Å²) >= 11 is 0. The van der Waals surface area contributed by atoms with Crippen molar-refractivity contribution < 1.29 is 4.79 Å². The van der Waals surface area contributed by atoms with Gasteiger partial charge in [0, 0.05) is 60.3 Å². The van der Waals surface area contributed by atoms with Crippen molar-refractivity contribution in [3.8, 4) is 22.5 Å². The van der Waals surface area contributed by atoms with Crippen molar-refractivity contribution in [2.75, 3.05) is 38.1 Å². The molecule has 1 saturated heterocycles. The third-order valence-corrected chi connectivity index (χ3v) is 9.51. The number of nitrogens with one attached hydrogen (secondary N) is 2. The maximum absolute atomic E-state index is 13.2. The molecule has 2 saturated carbocycles. The van der Waals surface area contributed by atoms with Gasteiger partial charge in [0.1, 0.15) is 0 Å². The summed E-state index contributed by atoms with van der Waals surface area (Å²) in [6.45, 7) is 4.36. The minimum Gasteiger partial charge on any atom is -0.369 e. The topological polar surface area (TPSA) is 64.3 Å². The molecule has 2 aromatic heterocycles. The summed E-state index contributed by atoms with van der Waals surface area (Å²) in [7, 11) is 2.19. The fourth-order valence-corrected chi connectivity index (χ4v) is 7.09. The first kappa shape index (κ1) is 20.1. The first-order valence-corrected chi connectivity index (χ1v) is 13.2. The highest BCUT2D eigenvalue weighted by Gasteiger charge is 2.70. The smallest absolute Gasteiger partial charge is 0.253 e. The van der Waals surface area contributed by atoms with Gasteiger partial charge < -0.3 is 20.1 Å². The highest BCUT2D eigenvalue weighted by molar-refractivity contribution is 6.02. The molecule has 6 heteroatoms. The van der Waals surface area contributed by atoms with Crippen LogP contribution in [-0.2, 0) is 18.3 Å². The van der Waals surface area contributed by atoms with E-state index in [0.717, 1.165) is 74.4 Å². The number of H-pyrrole nitrogens is 1. The fraction of sp³-hybridized carbons (Fsp3) is 0.448. The van der Waals surface area contributed by atoms with Crippen molar-refractivity contribution in [3.63, 3.8) is 0 Å². The summed E-state index contributed by atoms with van der Waals surface area (Å²) in [6, 6.07) is 11.1. The number of piperazine rings is 1. The predicted octanol–water partition coefficient (Wildman–Crippen LogP) is 3.90. The van der Waals surface area contributed by atoms with Crippen molar-refractivity contribution in [3.05, 3.63) is 58.9 Å². The van der Waals surface area contributed by atoms with Crippen LogP contribution in [0.3, 0.4) is 0 Å². The summed E-state index contributed by atoms with van der Waals surface area (Å²) in [5.41, 5.74) is 10.7. The molecule has 5 aliphatic rings. The summed E-state index contributed by atoms with van der Waals surface area (Å²) in [5.74, 6) is 0.143. The van der Waals surface area contributed by atoms with E-state index in [1.54, 1.807) is 0 Å². The maximum Gasteiger partial charge on any atom is 0.253 e. The number of aromatic nitrogens is 2. The minimum atomic E-state index is 0.0300. The van der Waals surface area contributed by atoms with E-state index < -0.39 is 0 Å². The number of rotatable bonds is 2. The number of aryl methyl sites for hydroxylation is 1. The summed E-state index contributed by atoms with van der Waals surface area (Å²) in [5, 5.41) is 3.43. The molecule has 2 aliphatic heterocycles. The van der Waals surface area contributed by atoms with Gasteiger partial charge in [-0.05, 0) is 74.9 Å². The highest BCUT2D eigenvalue weighted by Crippen LogP contribution is 2.67. The van der Waals surface area contributed by atoms with Crippen LogP contribution in [0.4, 0.5) is 5.69 Å². The van der Waals surface area contributed by atoms with E-state index in [1.807, 2.05) is 0 Å². The number of nitrogens with zero attached hydrogens (tertiary/aromatic N) is 3. The van der Waals surface area contributed by atoms with Crippen LogP contribution in [0.5, 0.6) is 0 Å². The molecule has 0 atom stereocenters. The molecule has 0 radical (unpaired) electrons. The molecule has 1 aromatic carbocycles. The molecule has 178 valence electrons. The Bertz CT molecular complexity index is 1370. The number of likely N-dealkylation sites (N-methyl/N-ethyl adjacent to an activating group) is 1. The molecule has 6 nitrogen and oxygen atoms in total. The van der Waals surface area contributed by atoms with Gasteiger partial charge in [-0.2, -0.15) is 0 Å². The third-order valence-electron chi connectivity index (χ3n) is 9.51. The average Bonchev–Trinajstić information content (AvgIpc) is 3.80. The normalized spacial score (nSPS) is 23.0. The second-order valence-corrected chi connectivity index (χ2v) is 11.4. The van der Waals surface area contributed by atoms with Crippen LogP contribution < -0.4 is 10.2 Å². The monoisotopic (exact) mass is 465 g/mol. The zero-order valence-electron chi connectivity index (χ0n) is 20.3. The van der Waals surface area contributed by atoms with Crippen molar-refractivity contribution in [2.24, 2.45) is 0 Å². The number of hydrogen-bond donors (Lipinski definition) is 2. The van der Waals surface area contributed by atoms with Crippen LogP contribution in [0.25, 0.3) is 22.5 Å². The van der Waals surface area contributed by atoms with Gasteiger partial charge in [-0.3, -0.25) is 9.78 Å². The Morgan fingerprint density at radius 1 is 0.971 bits per heavy atom. The van der Waals surface area contributed by atoms with Crippen LogP contribution in [0, 0.1) is 0 Å². The Morgan fingerprint density at radius 3 is 2.46 bits per heavy atom. The van der Waals surface area contributed by atoms with E-state index in [-0.39, 0.29) is 16.9 Å². The van der Waals surface area contributed by atoms with E-state index in [4.69, 9.17) is 4.98 Å². The van der Waals surface area contributed by atoms with Crippen LogP contribution in [0.15, 0.2) is 36.5 Å². The standard InChI is InChI=1S/C29H31N5O/c1-33-12-14-34(15-13-33)20-5-2-18(3-6-20)23-16-22-19(17-30-23)4-7-21-24-26(31-25(21)22)28(8-9-28)29(10-11-29)32-27(24)35/h2-3,5-6,16-17,31H,4,7-15H2,1H3,(H,32,35). The number of carbonyl (C=O) groups excluding carboxylic acids is 1. The molecular formula is C29H31N5O. The Kier molecular flexibility index (Phi) is 3.88. The zero-order valence-corrected chi connectivity index (χ0v) is 20.3. The lowest BCUT2D eigenvalue weighted by atomic mass is 9.81. The number of anilines is 1. The second-order valence-electron chi connectivity index (χ2n) is 11.4. The van der Waals surface area contributed by atoms with Crippen molar-refractivity contribution in [2.45, 2.75) is 49.5 Å². The number of pyridine rings is 1. The maximum atomic E-state index is 13.2. The van der Waals surface area contributed by atoms with E-state index in [0.29, 0.717) is 0 Å². The quantitative estimate of drug-likeness (QED) is 0.603. The number of hydrogen-bond acceptors (Lipinski definition) is 4. The molecule has 8 rings (SSSR count). The lowest BCUT2D eigenvalue weighted by Gasteiger charge is -2.34. The highest BCUT2D eigenvalue weighted by atomic mass is 16.2. The predicted molar refractivity (Wildman–Crippen MR) is 137 cm³/mol. The average molecular weight is 466 g/mol. The van der Waals surface area contributed by atoms with Gasteiger partial charge >= 0.3 is 0 Å². The Morgan fingerprint density at radius 2 is 1.74 bits per heavy atom. The lowest BCUT2D eigenvalue weighted by molar-refractivity contribution is 0.0898. The molecule has 2 N–H and O–H groups in total. The molecule has 35 heavy (non-hydrogen) atoms. The molecule has 3 fully saturated rings. The molecule has 2 spiro atoms. The number of aromatic amines is 1. The molecule has 3 aromatic rings. The Balaban J connectivity index is 1.16. The minimum absolute atomic E-state index is 0.0300. The molecular weight excluding hydrogens is 434 g/mol. The van der Waals surface area contributed by atoms with Crippen molar-refractivity contribution >= 4 is 11.6 Å². The third kappa shape index (κ3) is 2.74. The Labute approximate surface area is 205 Å². The molecule has 0 bridgehead atoms. The zero-order chi connectivity index (χ0) is 23.4. The Hall–Kier alpha value is -3.12. The molecule has 0 unspecified atom stereocenters. The van der Waals surface area contributed by atoms with E-state index in [9.17, 15) is 4.79 Å². The van der Waals surface area contributed by atoms with Crippen molar-refractivity contribution in [1.82, 2.24) is 20.2 Å². The van der Waals surface area contributed by atoms with Gasteiger partial charge in [0.2, 0.25) is 0 Å². The number of amides is 1. The van der Waals surface area contributed by atoms with Crippen LogP contribution in [0.2, 0.25) is 0 Å². The molecule has 3 aliphatic carbocycles. The van der Waals surface area contributed by atoms with E-state index in [2.05, 4.69) is 63.7 Å². The first-order valence-electron chi connectivity index (χ1n) is 13.2. The van der Waals surface area contributed by atoms with Gasteiger partial charge in [-0.25, -0.2) is 0 Å². The SMILES string of the molecule is CN1CCN(c2ccc(-c3cc4c(cn3)CCc3c-4[nH]c4c3C(=O)NC3(CC3)C43CC3)cc2)CC1. The largest absolute Gasteiger partial charge is 0.369 e. The fourth-order valence-electron chi connectivity index (χ4n) is 7.09. The van der Waals surface area contributed by atoms with Crippen molar-refractivity contribution in [1.29, 1.82) is 0 Å². The number of fused-ring (bicyclic) bond motifs is 7. The second kappa shape index (κ2) is 6.76. The van der Waals surface area contributed by atoms with E-state index >= 15 is 0 Å². The van der Waals surface area contributed by atoms with E-state index in [1.165, 1.54) is 40.9 Å². The van der Waals surface area contributed by atoms with Gasteiger partial charge in [0.25, 0.3) is 5.91 Å². The molecule has 4 heterocycles. The summed E-state index contributed by atoms with van der Waals surface area (Å²) < 4.78 is 0. The van der Waals surface area contributed by atoms with Crippen LogP contribution in [-0.4, -0.2) is 59.5 Å². The first-order chi connectivity index (χ1) is 17.1. The lowest BCUT2D eigenvalue weighted by Crippen LogP contribution is -2.51. The summed E-state index contributed by atoms with van der Waals surface area (Å²) in [4.78, 5) is 26.7.